The van der Waals surface area contributed by atoms with Crippen molar-refractivity contribution in [3.63, 3.8) is 0 Å². The highest BCUT2D eigenvalue weighted by Gasteiger charge is 2.48. The summed E-state index contributed by atoms with van der Waals surface area (Å²) in [4.78, 5) is 28.5. The minimum absolute atomic E-state index is 0.0257. The first kappa shape index (κ1) is 29.3. The van der Waals surface area contributed by atoms with Crippen LogP contribution in [0.3, 0.4) is 0 Å². The predicted molar refractivity (Wildman–Crippen MR) is 165 cm³/mol. The Labute approximate surface area is 253 Å². The van der Waals surface area contributed by atoms with Gasteiger partial charge in [-0.25, -0.2) is 0 Å². The lowest BCUT2D eigenvalue weighted by molar-refractivity contribution is -0.132. The van der Waals surface area contributed by atoms with Gasteiger partial charge in [-0.15, -0.1) is 10.2 Å². The van der Waals surface area contributed by atoms with Gasteiger partial charge in [-0.1, -0.05) is 96.2 Å². The molecule has 4 aromatic rings. The van der Waals surface area contributed by atoms with Gasteiger partial charge in [0.15, 0.2) is 15.8 Å². The van der Waals surface area contributed by atoms with Crippen molar-refractivity contribution in [1.82, 2.24) is 10.2 Å². The molecular formula is C32H31N3O5S2. The third kappa shape index (κ3) is 6.19. The number of benzene rings is 3. The fourth-order valence-electron chi connectivity index (χ4n) is 4.58. The lowest BCUT2D eigenvalue weighted by Crippen LogP contribution is -2.29. The van der Waals surface area contributed by atoms with Crippen molar-refractivity contribution < 1.29 is 24.2 Å². The van der Waals surface area contributed by atoms with Crippen LogP contribution in [0.25, 0.3) is 5.76 Å². The molecule has 1 aromatic heterocycles. The third-order valence-electron chi connectivity index (χ3n) is 6.62. The van der Waals surface area contributed by atoms with Crippen molar-refractivity contribution in [3.8, 4) is 11.5 Å². The van der Waals surface area contributed by atoms with Gasteiger partial charge in [-0.2, -0.15) is 0 Å². The Morgan fingerprint density at radius 3 is 2.45 bits per heavy atom. The zero-order chi connectivity index (χ0) is 29.6. The van der Waals surface area contributed by atoms with Gasteiger partial charge in [-0.3, -0.25) is 14.5 Å². The van der Waals surface area contributed by atoms with Crippen LogP contribution in [0.4, 0.5) is 5.13 Å². The van der Waals surface area contributed by atoms with Gasteiger partial charge in [-0.05, 0) is 43.5 Å². The summed E-state index contributed by atoms with van der Waals surface area (Å²) >= 11 is 2.73. The molecule has 1 N–H and O–H groups in total. The van der Waals surface area contributed by atoms with Gasteiger partial charge in [0, 0.05) is 11.3 Å². The summed E-state index contributed by atoms with van der Waals surface area (Å²) in [7, 11) is 0. The van der Waals surface area contributed by atoms with E-state index in [2.05, 4.69) is 10.2 Å². The average Bonchev–Trinajstić information content (AvgIpc) is 3.58. The number of hydrogen-bond donors (Lipinski definition) is 1. The summed E-state index contributed by atoms with van der Waals surface area (Å²) in [6.45, 7) is 6.73. The first-order valence-electron chi connectivity index (χ1n) is 13.7. The van der Waals surface area contributed by atoms with Gasteiger partial charge in [0.05, 0.1) is 24.8 Å². The molecule has 0 aliphatic carbocycles. The number of aryl methyl sites for hydroxylation is 1. The molecule has 10 heteroatoms. The molecule has 1 fully saturated rings. The number of hydrogen-bond acceptors (Lipinski definition) is 9. The van der Waals surface area contributed by atoms with Crippen molar-refractivity contribution in [2.24, 2.45) is 0 Å². The Morgan fingerprint density at radius 2 is 1.74 bits per heavy atom. The maximum atomic E-state index is 13.6. The Bertz CT molecular complexity index is 1600. The molecule has 2 heterocycles. The van der Waals surface area contributed by atoms with Gasteiger partial charge in [0.2, 0.25) is 5.13 Å². The fraction of sp³-hybridized carbons (Fsp3) is 0.250. The number of aromatic nitrogens is 2. The molecule has 1 saturated heterocycles. The van der Waals surface area contributed by atoms with Crippen molar-refractivity contribution in [2.45, 2.75) is 43.3 Å². The molecule has 3 aromatic carbocycles. The Morgan fingerprint density at radius 1 is 0.976 bits per heavy atom. The maximum absolute atomic E-state index is 13.6. The van der Waals surface area contributed by atoms with E-state index in [1.807, 2.05) is 63.2 Å². The molecule has 1 unspecified atom stereocenters. The number of carbonyl (C=O) groups is 2. The number of anilines is 1. The zero-order valence-corrected chi connectivity index (χ0v) is 25.2. The first-order valence-corrected chi connectivity index (χ1v) is 15.5. The van der Waals surface area contributed by atoms with E-state index < -0.39 is 17.7 Å². The average molecular weight is 602 g/mol. The van der Waals surface area contributed by atoms with Crippen molar-refractivity contribution >= 4 is 45.7 Å². The van der Waals surface area contributed by atoms with Crippen LogP contribution in [0.5, 0.6) is 11.5 Å². The number of carbonyl (C=O) groups excluding carboxylic acids is 2. The molecule has 216 valence electrons. The number of amides is 1. The minimum Gasteiger partial charge on any atom is -0.507 e. The van der Waals surface area contributed by atoms with Crippen molar-refractivity contribution in [1.29, 1.82) is 0 Å². The summed E-state index contributed by atoms with van der Waals surface area (Å²) in [6, 6.07) is 21.5. The van der Waals surface area contributed by atoms with E-state index in [-0.39, 0.29) is 16.5 Å². The Balaban J connectivity index is 1.58. The minimum atomic E-state index is -0.953. The van der Waals surface area contributed by atoms with Crippen molar-refractivity contribution in [3.05, 3.63) is 101 Å². The normalized spacial score (nSPS) is 16.2. The summed E-state index contributed by atoms with van der Waals surface area (Å²) < 4.78 is 12.4. The molecule has 1 amide bonds. The zero-order valence-electron chi connectivity index (χ0n) is 23.6. The number of aliphatic hydroxyl groups excluding tert-OH is 1. The van der Waals surface area contributed by atoms with E-state index in [1.165, 1.54) is 28.0 Å². The number of Topliss-reactive ketones (excluding diaryl/α,β-unsaturated/α-hetero) is 1. The summed E-state index contributed by atoms with van der Waals surface area (Å²) in [5.74, 6) is -0.102. The third-order valence-corrected chi connectivity index (χ3v) is 8.75. The number of thioether (sulfide) groups is 1. The van der Waals surface area contributed by atoms with Crippen LogP contribution < -0.4 is 14.4 Å². The van der Waals surface area contributed by atoms with Crippen LogP contribution in [0.2, 0.25) is 0 Å². The monoisotopic (exact) mass is 601 g/mol. The van der Waals surface area contributed by atoms with Crippen LogP contribution in [0, 0.1) is 6.92 Å². The largest absolute Gasteiger partial charge is 0.507 e. The second-order valence-corrected chi connectivity index (χ2v) is 11.8. The maximum Gasteiger partial charge on any atom is 0.301 e. The van der Waals surface area contributed by atoms with Crippen LogP contribution in [-0.2, 0) is 15.3 Å². The molecule has 0 spiro atoms. The fourth-order valence-corrected chi connectivity index (χ4v) is 6.41. The van der Waals surface area contributed by atoms with Gasteiger partial charge >= 0.3 is 5.91 Å². The van der Waals surface area contributed by atoms with E-state index in [0.29, 0.717) is 45.9 Å². The van der Waals surface area contributed by atoms with Crippen LogP contribution in [0.15, 0.2) is 82.7 Å². The van der Waals surface area contributed by atoms with Crippen LogP contribution in [-0.4, -0.2) is 40.2 Å². The summed E-state index contributed by atoms with van der Waals surface area (Å²) in [5.41, 5.74) is 3.12. The number of rotatable bonds is 11. The van der Waals surface area contributed by atoms with Crippen LogP contribution in [0.1, 0.15) is 48.6 Å². The second kappa shape index (κ2) is 13.2. The second-order valence-electron chi connectivity index (χ2n) is 9.65. The van der Waals surface area contributed by atoms with E-state index in [0.717, 1.165) is 17.5 Å². The number of nitrogens with zero attached hydrogens (tertiary/aromatic N) is 3. The van der Waals surface area contributed by atoms with E-state index in [1.54, 1.807) is 30.3 Å². The Kier molecular flexibility index (Phi) is 9.24. The molecule has 0 radical (unpaired) electrons. The number of ketones is 1. The lowest BCUT2D eigenvalue weighted by Gasteiger charge is -2.23. The van der Waals surface area contributed by atoms with Gasteiger partial charge in [0.1, 0.15) is 5.76 Å². The van der Waals surface area contributed by atoms with Crippen molar-refractivity contribution in [2.75, 3.05) is 18.1 Å². The van der Waals surface area contributed by atoms with Gasteiger partial charge < -0.3 is 14.6 Å². The number of ether oxygens (including phenoxy) is 2. The summed E-state index contributed by atoms with van der Waals surface area (Å²) in [6.07, 6.45) is 0.825. The van der Waals surface area contributed by atoms with Gasteiger partial charge in [0.25, 0.3) is 5.78 Å². The molecule has 8 nitrogen and oxygen atoms in total. The quantitative estimate of drug-likeness (QED) is 0.0648. The molecule has 5 rings (SSSR count). The van der Waals surface area contributed by atoms with E-state index in [4.69, 9.17) is 9.47 Å². The highest BCUT2D eigenvalue weighted by Crippen LogP contribution is 2.45. The first-order chi connectivity index (χ1) is 20.4. The molecule has 42 heavy (non-hydrogen) atoms. The standard InChI is InChI=1S/C32H31N3O5S2/c1-4-17-40-24-16-15-23(18-25(24)39-5-2)27-26(28(36)22-13-11-20(3)12-14-22)29(37)30(38)35(27)31-33-34-32(42-31)41-19-21-9-7-6-8-10-21/h6-16,18,27,36H,4-5,17,19H2,1-3H3. The Hall–Kier alpha value is -4.15. The van der Waals surface area contributed by atoms with E-state index >= 15 is 0 Å². The number of aliphatic hydroxyl groups is 1. The van der Waals surface area contributed by atoms with Crippen LogP contribution >= 0.6 is 23.1 Å². The highest BCUT2D eigenvalue weighted by atomic mass is 32.2. The smallest absolute Gasteiger partial charge is 0.301 e. The molecule has 0 bridgehead atoms. The highest BCUT2D eigenvalue weighted by molar-refractivity contribution is 8.00. The molecule has 1 aliphatic heterocycles. The topological polar surface area (TPSA) is 102 Å². The molecule has 0 saturated carbocycles. The lowest BCUT2D eigenvalue weighted by atomic mass is 9.95. The van der Waals surface area contributed by atoms with E-state index in [9.17, 15) is 14.7 Å². The predicted octanol–water partition coefficient (Wildman–Crippen LogP) is 6.95. The SMILES string of the molecule is CCCOc1ccc(C2C(=C(O)c3ccc(C)cc3)C(=O)C(=O)N2c2nnc(SCc3ccccc3)s2)cc1OCC. The summed E-state index contributed by atoms with van der Waals surface area (Å²) in [5, 5.41) is 20.3. The molecule has 1 aliphatic rings. The molecular weight excluding hydrogens is 571 g/mol. The molecule has 1 atom stereocenters.